The summed E-state index contributed by atoms with van der Waals surface area (Å²) in [6.45, 7) is 0. The van der Waals surface area contributed by atoms with E-state index in [4.69, 9.17) is 9.84 Å². The third-order valence-electron chi connectivity index (χ3n) is 3.45. The first kappa shape index (κ1) is 13.3. The standard InChI is InChI=1S/C13H10BrNO5/c14-7-5-6(13(18)19)1-2-8(7)15-11(16)9-3-4-10(20-9)12(15)17/h1-2,5,9-10H,3-4H2,(H,18,19). The van der Waals surface area contributed by atoms with E-state index in [9.17, 15) is 14.4 Å². The van der Waals surface area contributed by atoms with Gasteiger partial charge in [-0.1, -0.05) is 0 Å². The number of fused-ring (bicyclic) bond motifs is 2. The number of carboxylic acids is 1. The molecule has 0 spiro atoms. The van der Waals surface area contributed by atoms with E-state index in [0.29, 0.717) is 23.0 Å². The number of hydrogen-bond donors (Lipinski definition) is 1. The molecular formula is C13H10BrNO5. The quantitative estimate of drug-likeness (QED) is 0.826. The summed E-state index contributed by atoms with van der Waals surface area (Å²) in [5.74, 6) is -1.86. The first-order chi connectivity index (χ1) is 9.49. The van der Waals surface area contributed by atoms with Gasteiger partial charge in [0, 0.05) is 4.47 Å². The lowest BCUT2D eigenvalue weighted by molar-refractivity contribution is -0.146. The monoisotopic (exact) mass is 339 g/mol. The summed E-state index contributed by atoms with van der Waals surface area (Å²) in [7, 11) is 0. The number of rotatable bonds is 2. The van der Waals surface area contributed by atoms with Gasteiger partial charge in [-0.15, -0.1) is 0 Å². The first-order valence-electron chi connectivity index (χ1n) is 6.05. The van der Waals surface area contributed by atoms with E-state index in [1.807, 2.05) is 0 Å². The van der Waals surface area contributed by atoms with E-state index in [1.54, 1.807) is 0 Å². The molecule has 2 unspecified atom stereocenters. The lowest BCUT2D eigenvalue weighted by Gasteiger charge is -2.30. The summed E-state index contributed by atoms with van der Waals surface area (Å²) in [5.41, 5.74) is 0.432. The molecule has 2 heterocycles. The molecule has 2 atom stereocenters. The van der Waals surface area contributed by atoms with Gasteiger partial charge in [0.2, 0.25) is 0 Å². The topological polar surface area (TPSA) is 83.9 Å². The van der Waals surface area contributed by atoms with Gasteiger partial charge < -0.3 is 9.84 Å². The zero-order valence-electron chi connectivity index (χ0n) is 10.2. The second-order valence-corrected chi connectivity index (χ2v) is 5.53. The van der Waals surface area contributed by atoms with Gasteiger partial charge in [-0.05, 0) is 47.0 Å². The van der Waals surface area contributed by atoms with E-state index in [2.05, 4.69) is 15.9 Å². The van der Waals surface area contributed by atoms with Crippen LogP contribution >= 0.6 is 15.9 Å². The maximum Gasteiger partial charge on any atom is 0.335 e. The zero-order chi connectivity index (χ0) is 14.4. The van der Waals surface area contributed by atoms with Crippen LogP contribution < -0.4 is 4.90 Å². The van der Waals surface area contributed by atoms with E-state index in [0.717, 1.165) is 4.90 Å². The van der Waals surface area contributed by atoms with Crippen LogP contribution in [0.15, 0.2) is 22.7 Å². The van der Waals surface area contributed by atoms with Gasteiger partial charge in [0.25, 0.3) is 11.8 Å². The predicted octanol–water partition coefficient (Wildman–Crippen LogP) is 1.57. The third-order valence-corrected chi connectivity index (χ3v) is 4.08. The number of morpholine rings is 1. The lowest BCUT2D eigenvalue weighted by Crippen LogP contribution is -2.52. The number of carbonyl (C=O) groups excluding carboxylic acids is 2. The van der Waals surface area contributed by atoms with E-state index in [1.165, 1.54) is 18.2 Å². The second-order valence-electron chi connectivity index (χ2n) is 4.67. The number of halogens is 1. The highest BCUT2D eigenvalue weighted by Gasteiger charge is 2.47. The highest BCUT2D eigenvalue weighted by atomic mass is 79.9. The van der Waals surface area contributed by atoms with Crippen molar-refractivity contribution in [2.45, 2.75) is 25.0 Å². The van der Waals surface area contributed by atoms with Crippen molar-refractivity contribution in [3.8, 4) is 0 Å². The molecule has 2 aliphatic heterocycles. The van der Waals surface area contributed by atoms with Crippen LogP contribution in [0.3, 0.4) is 0 Å². The summed E-state index contributed by atoms with van der Waals surface area (Å²) < 4.78 is 5.71. The average molecular weight is 340 g/mol. The highest BCUT2D eigenvalue weighted by Crippen LogP contribution is 2.35. The predicted molar refractivity (Wildman–Crippen MR) is 71.5 cm³/mol. The number of anilines is 1. The van der Waals surface area contributed by atoms with Crippen LogP contribution in [0.5, 0.6) is 0 Å². The fraction of sp³-hybridized carbons (Fsp3) is 0.308. The Hall–Kier alpha value is -1.73. The van der Waals surface area contributed by atoms with Crippen LogP contribution in [0.2, 0.25) is 0 Å². The number of benzene rings is 1. The Morgan fingerprint density at radius 2 is 1.85 bits per heavy atom. The van der Waals surface area contributed by atoms with Gasteiger partial charge in [0.05, 0.1) is 11.3 Å². The number of aromatic carboxylic acids is 1. The van der Waals surface area contributed by atoms with Crippen LogP contribution in [0.1, 0.15) is 23.2 Å². The first-order valence-corrected chi connectivity index (χ1v) is 6.84. The summed E-state index contributed by atoms with van der Waals surface area (Å²) in [6, 6.07) is 4.18. The van der Waals surface area contributed by atoms with Gasteiger partial charge in [-0.25, -0.2) is 9.69 Å². The minimum atomic E-state index is -1.07. The summed E-state index contributed by atoms with van der Waals surface area (Å²) in [4.78, 5) is 36.4. The van der Waals surface area contributed by atoms with E-state index >= 15 is 0 Å². The molecule has 2 saturated heterocycles. The maximum absolute atomic E-state index is 12.2. The minimum absolute atomic E-state index is 0.0803. The van der Waals surface area contributed by atoms with Crippen molar-refractivity contribution >= 4 is 39.4 Å². The van der Waals surface area contributed by atoms with E-state index < -0.39 is 30.0 Å². The molecule has 2 bridgehead atoms. The van der Waals surface area contributed by atoms with Crippen LogP contribution in [0.4, 0.5) is 5.69 Å². The Morgan fingerprint density at radius 3 is 2.35 bits per heavy atom. The Balaban J connectivity index is 2.02. The van der Waals surface area contributed by atoms with E-state index in [-0.39, 0.29) is 5.56 Å². The Labute approximate surface area is 122 Å². The van der Waals surface area contributed by atoms with Crippen molar-refractivity contribution < 1.29 is 24.2 Å². The normalized spacial score (nSPS) is 25.1. The molecular weight excluding hydrogens is 330 g/mol. The SMILES string of the molecule is O=C(O)c1ccc(N2C(=O)C3CCC(O3)C2=O)c(Br)c1. The molecule has 1 aromatic carbocycles. The average Bonchev–Trinajstić information content (AvgIpc) is 2.85. The Bertz CT molecular complexity index is 607. The molecule has 0 aliphatic carbocycles. The van der Waals surface area contributed by atoms with Gasteiger partial charge in [0.15, 0.2) is 0 Å². The molecule has 0 saturated carbocycles. The molecule has 3 rings (SSSR count). The molecule has 20 heavy (non-hydrogen) atoms. The highest BCUT2D eigenvalue weighted by molar-refractivity contribution is 9.10. The van der Waals surface area contributed by atoms with Gasteiger partial charge in [-0.3, -0.25) is 9.59 Å². The number of hydrogen-bond acceptors (Lipinski definition) is 4. The number of nitrogens with zero attached hydrogens (tertiary/aromatic N) is 1. The molecule has 0 radical (unpaired) electrons. The number of carbonyl (C=O) groups is 3. The number of ether oxygens (including phenoxy) is 1. The van der Waals surface area contributed by atoms with Crippen LogP contribution in [-0.4, -0.2) is 35.1 Å². The van der Waals surface area contributed by atoms with Gasteiger partial charge >= 0.3 is 5.97 Å². The molecule has 104 valence electrons. The molecule has 0 aromatic heterocycles. The van der Waals surface area contributed by atoms with Gasteiger partial charge in [-0.2, -0.15) is 0 Å². The Kier molecular flexibility index (Phi) is 3.10. The minimum Gasteiger partial charge on any atom is -0.478 e. The largest absolute Gasteiger partial charge is 0.478 e. The molecule has 1 aromatic rings. The molecule has 2 aliphatic rings. The van der Waals surface area contributed by atoms with Crippen molar-refractivity contribution in [2.75, 3.05) is 4.90 Å². The number of carboxylic acid groups (broad SMARTS) is 1. The van der Waals surface area contributed by atoms with Crippen molar-refractivity contribution in [1.29, 1.82) is 0 Å². The van der Waals surface area contributed by atoms with Crippen LogP contribution in [0, 0.1) is 0 Å². The summed E-state index contributed by atoms with van der Waals surface area (Å²) in [6.07, 6.45) is -0.0832. The summed E-state index contributed by atoms with van der Waals surface area (Å²) in [5, 5.41) is 8.92. The molecule has 2 amide bonds. The lowest BCUT2D eigenvalue weighted by atomic mass is 10.1. The molecule has 2 fully saturated rings. The van der Waals surface area contributed by atoms with Crippen molar-refractivity contribution in [3.05, 3.63) is 28.2 Å². The van der Waals surface area contributed by atoms with Crippen molar-refractivity contribution in [3.63, 3.8) is 0 Å². The molecule has 7 heteroatoms. The Morgan fingerprint density at radius 1 is 1.25 bits per heavy atom. The van der Waals surface area contributed by atoms with Gasteiger partial charge in [0.1, 0.15) is 12.2 Å². The molecule has 6 nitrogen and oxygen atoms in total. The van der Waals surface area contributed by atoms with Crippen molar-refractivity contribution in [2.24, 2.45) is 0 Å². The fourth-order valence-corrected chi connectivity index (χ4v) is 3.01. The summed E-state index contributed by atoms with van der Waals surface area (Å²) >= 11 is 3.22. The van der Waals surface area contributed by atoms with Crippen LogP contribution in [-0.2, 0) is 14.3 Å². The number of amides is 2. The molecule has 1 N–H and O–H groups in total. The number of imide groups is 1. The second kappa shape index (κ2) is 4.68. The maximum atomic E-state index is 12.2. The third kappa shape index (κ3) is 1.94. The zero-order valence-corrected chi connectivity index (χ0v) is 11.8. The van der Waals surface area contributed by atoms with Crippen molar-refractivity contribution in [1.82, 2.24) is 0 Å². The fourth-order valence-electron chi connectivity index (χ4n) is 2.46. The smallest absolute Gasteiger partial charge is 0.335 e. The van der Waals surface area contributed by atoms with Crippen LogP contribution in [0.25, 0.3) is 0 Å².